The topological polar surface area (TPSA) is 167 Å². The van der Waals surface area contributed by atoms with Gasteiger partial charge in [0.1, 0.15) is 17.2 Å². The van der Waals surface area contributed by atoms with E-state index >= 15 is 0 Å². The van der Waals surface area contributed by atoms with Crippen molar-refractivity contribution in [1.29, 1.82) is 0 Å². The number of hydrogen-bond acceptors (Lipinski definition) is 9. The number of carboxylic acid groups (broad SMARTS) is 3. The summed E-state index contributed by atoms with van der Waals surface area (Å²) in [5.74, 6) is -1.39. The molecule has 3 aromatic carbocycles. The Bertz CT molecular complexity index is 1430. The Morgan fingerprint density at radius 2 is 1.00 bits per heavy atom. The minimum absolute atomic E-state index is 0. The second-order valence-electron chi connectivity index (χ2n) is 8.49. The van der Waals surface area contributed by atoms with Gasteiger partial charge >= 0.3 is 17.9 Å². The Labute approximate surface area is 260 Å². The van der Waals surface area contributed by atoms with Crippen LogP contribution < -0.4 is 14.2 Å². The number of hydrogen-bond donors (Lipinski definition) is 3. The van der Waals surface area contributed by atoms with Gasteiger partial charge < -0.3 is 43.7 Å². The summed E-state index contributed by atoms with van der Waals surface area (Å²) in [6.07, 6.45) is 0. The smallest absolute Gasteiger partial charge is 0.337 e. The molecule has 0 aliphatic carbocycles. The number of ether oxygens (including phenoxy) is 6. The second kappa shape index (κ2) is 15.1. The average molecular weight is 660 g/mol. The molecule has 0 saturated heterocycles. The van der Waals surface area contributed by atoms with Crippen LogP contribution in [0, 0.1) is 0 Å². The molecule has 0 radical (unpaired) electrons. The number of carbonyl (C=O) groups is 3. The first-order chi connectivity index (χ1) is 20.1. The van der Waals surface area contributed by atoms with Gasteiger partial charge in [0.05, 0.1) is 51.6 Å². The van der Waals surface area contributed by atoms with E-state index in [1.165, 1.54) is 24.3 Å². The maximum Gasteiger partial charge on any atom is 0.337 e. The molecular formula is C28H25Cl3O12. The lowest BCUT2D eigenvalue weighted by Crippen LogP contribution is -2.13. The quantitative estimate of drug-likeness (QED) is 0.285. The highest BCUT2D eigenvalue weighted by Gasteiger charge is 2.21. The molecule has 0 unspecified atom stereocenters. The van der Waals surface area contributed by atoms with Gasteiger partial charge in [-0.2, -0.15) is 0 Å². The summed E-state index contributed by atoms with van der Waals surface area (Å²) in [4.78, 5) is 32.2. The molecule has 15 heteroatoms. The van der Waals surface area contributed by atoms with Crippen LogP contribution in [0.25, 0.3) is 0 Å². The van der Waals surface area contributed by atoms with E-state index < -0.39 is 17.9 Å². The molecule has 3 aliphatic rings. The molecule has 0 spiro atoms. The maximum atomic E-state index is 10.7. The zero-order valence-corrected chi connectivity index (χ0v) is 23.6. The highest BCUT2D eigenvalue weighted by atomic mass is 35.5. The molecule has 0 saturated carbocycles. The van der Waals surface area contributed by atoms with Crippen molar-refractivity contribution in [2.75, 3.05) is 20.4 Å². The summed E-state index contributed by atoms with van der Waals surface area (Å²) >= 11 is 17.5. The van der Waals surface area contributed by atoms with E-state index in [2.05, 4.69) is 0 Å². The molecule has 0 amide bonds. The molecule has 0 fully saturated rings. The van der Waals surface area contributed by atoms with Crippen LogP contribution in [0.1, 0.15) is 55.2 Å². The molecule has 3 heterocycles. The summed E-state index contributed by atoms with van der Waals surface area (Å²) in [6, 6.07) is 9.01. The number of halogens is 3. The Balaban J connectivity index is 0.000000175. The van der Waals surface area contributed by atoms with Crippen LogP contribution in [0.3, 0.4) is 0 Å². The average Bonchev–Trinajstić information content (AvgIpc) is 2.97. The minimum Gasteiger partial charge on any atom is -0.478 e. The molecule has 230 valence electrons. The SMILES string of the molecule is C.O=C(O)c1cc2c(cc1Cl)OCOC2.O=C(O)c1ccc2c(c1Cl)COCO2.O=C(O)c1ccc2c(c1Cl)COCO2. The van der Waals surface area contributed by atoms with E-state index in [0.717, 1.165) is 0 Å². The van der Waals surface area contributed by atoms with Crippen molar-refractivity contribution < 1.29 is 58.1 Å². The van der Waals surface area contributed by atoms with E-state index in [4.69, 9.17) is 78.5 Å². The zero-order valence-electron chi connectivity index (χ0n) is 21.4. The molecule has 0 atom stereocenters. The standard InChI is InChI=1S/3C9H7ClO4.CH4/c10-7-2-8-5(3-13-4-14-8)1-6(7)9(11)12;2*10-8-5(9(11)12)1-2-7-6(8)3-13-4-14-7;/h3*1-2H,3-4H2,(H,11,12);1H4. The van der Waals surface area contributed by atoms with Gasteiger partial charge in [-0.3, -0.25) is 0 Å². The van der Waals surface area contributed by atoms with Crippen molar-refractivity contribution in [1.82, 2.24) is 0 Å². The van der Waals surface area contributed by atoms with Crippen LogP contribution in [0.2, 0.25) is 15.1 Å². The van der Waals surface area contributed by atoms with Gasteiger partial charge in [0.25, 0.3) is 0 Å². The normalized spacial score (nSPS) is 14.0. The third-order valence-corrected chi connectivity index (χ3v) is 7.06. The first-order valence-electron chi connectivity index (χ1n) is 11.8. The van der Waals surface area contributed by atoms with Gasteiger partial charge in [0.2, 0.25) is 0 Å². The molecule has 3 N–H and O–H groups in total. The van der Waals surface area contributed by atoms with Crippen molar-refractivity contribution in [3.63, 3.8) is 0 Å². The number of benzene rings is 3. The minimum atomic E-state index is -1.05. The predicted octanol–water partition coefficient (Wildman–Crippen LogP) is 6.35. The molecule has 43 heavy (non-hydrogen) atoms. The van der Waals surface area contributed by atoms with E-state index in [-0.39, 0.29) is 72.8 Å². The Morgan fingerprint density at radius 3 is 1.44 bits per heavy atom. The molecular weight excluding hydrogens is 635 g/mol. The Kier molecular flexibility index (Phi) is 11.8. The van der Waals surface area contributed by atoms with Gasteiger partial charge in [-0.05, 0) is 30.3 Å². The Morgan fingerprint density at radius 1 is 0.581 bits per heavy atom. The molecule has 3 aliphatic heterocycles. The van der Waals surface area contributed by atoms with Crippen molar-refractivity contribution in [2.45, 2.75) is 27.2 Å². The van der Waals surface area contributed by atoms with Crippen LogP contribution >= 0.6 is 34.8 Å². The van der Waals surface area contributed by atoms with Crippen LogP contribution in [0.4, 0.5) is 0 Å². The third kappa shape index (κ3) is 7.99. The summed E-state index contributed by atoms with van der Waals surface area (Å²) in [7, 11) is 0. The van der Waals surface area contributed by atoms with Crippen LogP contribution in [0.5, 0.6) is 17.2 Å². The van der Waals surface area contributed by atoms with Gasteiger partial charge in [0.15, 0.2) is 20.4 Å². The summed E-state index contributed by atoms with van der Waals surface area (Å²) in [5.41, 5.74) is 2.10. The zero-order chi connectivity index (χ0) is 30.4. The van der Waals surface area contributed by atoms with Crippen molar-refractivity contribution >= 4 is 52.7 Å². The molecule has 12 nitrogen and oxygen atoms in total. The van der Waals surface area contributed by atoms with E-state index in [1.807, 2.05) is 0 Å². The Hall–Kier alpha value is -3.78. The highest BCUT2D eigenvalue weighted by molar-refractivity contribution is 6.35. The fraction of sp³-hybridized carbons (Fsp3) is 0.250. The monoisotopic (exact) mass is 658 g/mol. The lowest BCUT2D eigenvalue weighted by Gasteiger charge is -2.19. The van der Waals surface area contributed by atoms with Crippen molar-refractivity contribution in [2.24, 2.45) is 0 Å². The highest BCUT2D eigenvalue weighted by Crippen LogP contribution is 2.34. The van der Waals surface area contributed by atoms with Gasteiger partial charge in [-0.25, -0.2) is 14.4 Å². The lowest BCUT2D eigenvalue weighted by atomic mass is 10.1. The second-order valence-corrected chi connectivity index (χ2v) is 9.66. The van der Waals surface area contributed by atoms with Crippen molar-refractivity contribution in [3.8, 4) is 17.2 Å². The van der Waals surface area contributed by atoms with Crippen LogP contribution in [0.15, 0.2) is 36.4 Å². The fourth-order valence-corrected chi connectivity index (χ4v) is 4.66. The molecule has 0 aromatic heterocycles. The first-order valence-corrected chi connectivity index (χ1v) is 13.0. The van der Waals surface area contributed by atoms with Crippen LogP contribution in [-0.4, -0.2) is 53.6 Å². The number of fused-ring (bicyclic) bond motifs is 3. The van der Waals surface area contributed by atoms with Gasteiger partial charge in [0, 0.05) is 22.8 Å². The summed E-state index contributed by atoms with van der Waals surface area (Å²) in [5, 5.41) is 27.0. The summed E-state index contributed by atoms with van der Waals surface area (Å²) < 4.78 is 30.5. The first kappa shape index (κ1) is 33.7. The number of carboxylic acids is 3. The number of rotatable bonds is 3. The van der Waals surface area contributed by atoms with Gasteiger partial charge in [-0.1, -0.05) is 42.2 Å². The van der Waals surface area contributed by atoms with E-state index in [0.29, 0.717) is 40.5 Å². The van der Waals surface area contributed by atoms with E-state index in [1.54, 1.807) is 12.1 Å². The van der Waals surface area contributed by atoms with Crippen molar-refractivity contribution in [3.05, 3.63) is 84.8 Å². The lowest BCUT2D eigenvalue weighted by molar-refractivity contribution is -0.0165. The van der Waals surface area contributed by atoms with Crippen LogP contribution in [-0.2, 0) is 34.0 Å². The largest absolute Gasteiger partial charge is 0.478 e. The molecule has 0 bridgehead atoms. The number of aromatic carboxylic acids is 3. The summed E-state index contributed by atoms with van der Waals surface area (Å²) in [6.45, 7) is 1.46. The third-order valence-electron chi connectivity index (χ3n) is 5.89. The predicted molar refractivity (Wildman–Crippen MR) is 153 cm³/mol. The molecule has 6 rings (SSSR count). The van der Waals surface area contributed by atoms with E-state index in [9.17, 15) is 14.4 Å². The fourth-order valence-electron chi connectivity index (χ4n) is 3.84. The molecule has 3 aromatic rings. The maximum absolute atomic E-state index is 10.7. The van der Waals surface area contributed by atoms with Gasteiger partial charge in [-0.15, -0.1) is 0 Å².